The third kappa shape index (κ3) is 3.96. The summed E-state index contributed by atoms with van der Waals surface area (Å²) in [6, 6.07) is 8.06. The van der Waals surface area contributed by atoms with Gasteiger partial charge in [0.1, 0.15) is 12.7 Å². The molecule has 2 aromatic heterocycles. The molecule has 9 nitrogen and oxygen atoms in total. The fourth-order valence-electron chi connectivity index (χ4n) is 3.44. The summed E-state index contributed by atoms with van der Waals surface area (Å²) in [6.45, 7) is 2.79. The summed E-state index contributed by atoms with van der Waals surface area (Å²) >= 11 is 0. The van der Waals surface area contributed by atoms with Crippen LogP contribution in [0.3, 0.4) is 0 Å². The maximum atomic E-state index is 13.0. The molecule has 30 heavy (non-hydrogen) atoms. The van der Waals surface area contributed by atoms with Gasteiger partial charge in [0.25, 0.3) is 5.91 Å². The van der Waals surface area contributed by atoms with Crippen LogP contribution in [0.1, 0.15) is 35.2 Å². The van der Waals surface area contributed by atoms with Gasteiger partial charge in [-0.15, -0.1) is 0 Å². The van der Waals surface area contributed by atoms with E-state index in [0.29, 0.717) is 35.7 Å². The summed E-state index contributed by atoms with van der Waals surface area (Å²) < 4.78 is 29.0. The quantitative estimate of drug-likeness (QED) is 0.671. The molecule has 1 aliphatic rings. The number of hydrogen-bond donors (Lipinski definition) is 1. The van der Waals surface area contributed by atoms with Gasteiger partial charge < -0.3 is 5.32 Å². The second-order valence-electron chi connectivity index (χ2n) is 7.11. The van der Waals surface area contributed by atoms with Crippen molar-refractivity contribution in [3.8, 4) is 5.82 Å². The molecule has 3 heterocycles. The number of nitrogens with one attached hydrogen (secondary N) is 1. The molecule has 0 saturated carbocycles. The van der Waals surface area contributed by atoms with E-state index in [4.69, 9.17) is 0 Å². The Bertz CT molecular complexity index is 1160. The molecular weight excluding hydrogens is 404 g/mol. The van der Waals surface area contributed by atoms with Gasteiger partial charge in [-0.05, 0) is 49.6 Å². The second-order valence-corrected chi connectivity index (χ2v) is 9.05. The SMILES string of the molecule is Cc1ccc(S(=O)(=O)N2CCCCC2)cc1C(=O)Nc1cccnc1-n1cncn1. The van der Waals surface area contributed by atoms with Crippen LogP contribution in [0.15, 0.2) is 54.1 Å². The number of carbonyl (C=O) groups is 1. The van der Waals surface area contributed by atoms with Crippen LogP contribution in [-0.2, 0) is 10.0 Å². The molecule has 1 N–H and O–H groups in total. The summed E-state index contributed by atoms with van der Waals surface area (Å²) in [4.78, 5) is 21.3. The monoisotopic (exact) mass is 426 g/mol. The summed E-state index contributed by atoms with van der Waals surface area (Å²) in [7, 11) is -3.63. The number of sulfonamides is 1. The average molecular weight is 427 g/mol. The summed E-state index contributed by atoms with van der Waals surface area (Å²) in [5.41, 5.74) is 1.41. The molecule has 10 heteroatoms. The first kappa shape index (κ1) is 20.2. The van der Waals surface area contributed by atoms with Crippen LogP contribution in [0.2, 0.25) is 0 Å². The van der Waals surface area contributed by atoms with Gasteiger partial charge in [-0.2, -0.15) is 9.40 Å². The Labute approximate surface area is 174 Å². The lowest BCUT2D eigenvalue weighted by Gasteiger charge is -2.26. The molecule has 1 aromatic carbocycles. The molecule has 0 spiro atoms. The first-order valence-electron chi connectivity index (χ1n) is 9.69. The molecule has 0 aliphatic carbocycles. The molecule has 4 rings (SSSR count). The van der Waals surface area contributed by atoms with E-state index < -0.39 is 15.9 Å². The van der Waals surface area contributed by atoms with E-state index in [-0.39, 0.29) is 4.90 Å². The van der Waals surface area contributed by atoms with Crippen molar-refractivity contribution in [2.75, 3.05) is 18.4 Å². The van der Waals surface area contributed by atoms with Crippen molar-refractivity contribution in [2.45, 2.75) is 31.1 Å². The number of aromatic nitrogens is 4. The van der Waals surface area contributed by atoms with Crippen LogP contribution in [0, 0.1) is 6.92 Å². The third-order valence-corrected chi connectivity index (χ3v) is 6.97. The van der Waals surface area contributed by atoms with Gasteiger partial charge in [0, 0.05) is 24.8 Å². The zero-order valence-electron chi connectivity index (χ0n) is 16.5. The maximum absolute atomic E-state index is 13.0. The smallest absolute Gasteiger partial charge is 0.256 e. The van der Waals surface area contributed by atoms with Gasteiger partial charge in [-0.25, -0.2) is 23.1 Å². The fourth-order valence-corrected chi connectivity index (χ4v) is 4.99. The van der Waals surface area contributed by atoms with E-state index in [9.17, 15) is 13.2 Å². The van der Waals surface area contributed by atoms with Crippen molar-refractivity contribution < 1.29 is 13.2 Å². The first-order valence-corrected chi connectivity index (χ1v) is 11.1. The fraction of sp³-hybridized carbons (Fsp3) is 0.300. The van der Waals surface area contributed by atoms with Crippen molar-refractivity contribution >= 4 is 21.6 Å². The van der Waals surface area contributed by atoms with Gasteiger partial charge in [0.15, 0.2) is 5.82 Å². The van der Waals surface area contributed by atoms with E-state index in [2.05, 4.69) is 20.4 Å². The highest BCUT2D eigenvalue weighted by atomic mass is 32.2. The standard InChI is InChI=1S/C20H22N6O3S/c1-15-7-8-16(30(28,29)25-10-3-2-4-11-25)12-17(15)20(27)24-18-6-5-9-22-19(18)26-14-21-13-23-26/h5-9,12-14H,2-4,10-11H2,1H3,(H,24,27). The number of hydrogen-bond acceptors (Lipinski definition) is 6. The first-order chi connectivity index (χ1) is 14.5. The lowest BCUT2D eigenvalue weighted by atomic mass is 10.1. The van der Waals surface area contributed by atoms with Crippen LogP contribution in [0.4, 0.5) is 5.69 Å². The zero-order chi connectivity index (χ0) is 21.1. The van der Waals surface area contributed by atoms with E-state index in [1.54, 1.807) is 37.4 Å². The number of carbonyl (C=O) groups excluding carboxylic acids is 1. The zero-order valence-corrected chi connectivity index (χ0v) is 17.3. The van der Waals surface area contributed by atoms with Crippen LogP contribution in [0.25, 0.3) is 5.82 Å². The number of pyridine rings is 1. The molecular formula is C20H22N6O3S. The van der Waals surface area contributed by atoms with Crippen LogP contribution in [0.5, 0.6) is 0 Å². The molecule has 1 amide bonds. The molecule has 156 valence electrons. The second kappa shape index (κ2) is 8.33. The van der Waals surface area contributed by atoms with Gasteiger partial charge in [0.2, 0.25) is 10.0 Å². The Morgan fingerprint density at radius 2 is 1.93 bits per heavy atom. The number of benzene rings is 1. The molecule has 1 aliphatic heterocycles. The third-order valence-electron chi connectivity index (χ3n) is 5.08. The van der Waals surface area contributed by atoms with E-state index in [1.807, 2.05) is 0 Å². The summed E-state index contributed by atoms with van der Waals surface area (Å²) in [5, 5.41) is 6.87. The molecule has 1 fully saturated rings. The minimum absolute atomic E-state index is 0.128. The van der Waals surface area contributed by atoms with Gasteiger partial charge in [-0.3, -0.25) is 4.79 Å². The van der Waals surface area contributed by atoms with E-state index >= 15 is 0 Å². The Hall–Kier alpha value is -3.11. The average Bonchev–Trinajstić information content (AvgIpc) is 3.29. The largest absolute Gasteiger partial charge is 0.319 e. The number of piperidine rings is 1. The Morgan fingerprint density at radius 1 is 1.13 bits per heavy atom. The highest BCUT2D eigenvalue weighted by Gasteiger charge is 2.27. The molecule has 1 saturated heterocycles. The van der Waals surface area contributed by atoms with Gasteiger partial charge in [0.05, 0.1) is 10.6 Å². The Morgan fingerprint density at radius 3 is 2.67 bits per heavy atom. The van der Waals surface area contributed by atoms with E-state index in [0.717, 1.165) is 19.3 Å². The van der Waals surface area contributed by atoms with Gasteiger partial charge >= 0.3 is 0 Å². The summed E-state index contributed by atoms with van der Waals surface area (Å²) in [5.74, 6) is -0.00402. The topological polar surface area (TPSA) is 110 Å². The normalized spacial score (nSPS) is 15.1. The van der Waals surface area contributed by atoms with Crippen LogP contribution < -0.4 is 5.32 Å². The number of nitrogens with zero attached hydrogens (tertiary/aromatic N) is 5. The van der Waals surface area contributed by atoms with Crippen LogP contribution >= 0.6 is 0 Å². The lowest BCUT2D eigenvalue weighted by molar-refractivity contribution is 0.102. The molecule has 0 radical (unpaired) electrons. The molecule has 0 unspecified atom stereocenters. The number of rotatable bonds is 5. The molecule has 0 bridgehead atoms. The minimum Gasteiger partial charge on any atom is -0.319 e. The van der Waals surface area contributed by atoms with Crippen molar-refractivity contribution in [1.29, 1.82) is 0 Å². The number of anilines is 1. The Kier molecular flexibility index (Phi) is 5.60. The van der Waals surface area contributed by atoms with E-state index in [1.165, 1.54) is 27.7 Å². The van der Waals surface area contributed by atoms with Crippen molar-refractivity contribution in [3.05, 3.63) is 60.3 Å². The number of aryl methyl sites for hydroxylation is 1. The van der Waals surface area contributed by atoms with Crippen molar-refractivity contribution in [3.63, 3.8) is 0 Å². The Balaban J connectivity index is 1.64. The lowest BCUT2D eigenvalue weighted by Crippen LogP contribution is -2.35. The number of amides is 1. The van der Waals surface area contributed by atoms with Crippen LogP contribution in [-0.4, -0.2) is 51.5 Å². The highest BCUT2D eigenvalue weighted by Crippen LogP contribution is 2.24. The molecule has 0 atom stereocenters. The maximum Gasteiger partial charge on any atom is 0.256 e. The van der Waals surface area contributed by atoms with Crippen molar-refractivity contribution in [1.82, 2.24) is 24.1 Å². The molecule has 3 aromatic rings. The highest BCUT2D eigenvalue weighted by molar-refractivity contribution is 7.89. The van der Waals surface area contributed by atoms with Gasteiger partial charge in [-0.1, -0.05) is 12.5 Å². The minimum atomic E-state index is -3.63. The predicted molar refractivity (Wildman–Crippen MR) is 111 cm³/mol. The predicted octanol–water partition coefficient (Wildman–Crippen LogP) is 2.40. The summed E-state index contributed by atoms with van der Waals surface area (Å²) in [6.07, 6.45) is 7.18. The van der Waals surface area contributed by atoms with Crippen molar-refractivity contribution in [2.24, 2.45) is 0 Å².